The molecule has 0 spiro atoms. The molecule has 0 amide bonds. The second-order valence-corrected chi connectivity index (χ2v) is 9.04. The summed E-state index contributed by atoms with van der Waals surface area (Å²) in [5.41, 5.74) is 3.22. The number of fused-ring (bicyclic) bond motifs is 1. The van der Waals surface area contributed by atoms with Gasteiger partial charge in [-0.1, -0.05) is 24.3 Å². The van der Waals surface area contributed by atoms with Crippen molar-refractivity contribution in [3.63, 3.8) is 0 Å². The number of likely N-dealkylation sites (tertiary alicyclic amines) is 1. The summed E-state index contributed by atoms with van der Waals surface area (Å²) in [6.07, 6.45) is -2.12. The molecule has 1 atom stereocenters. The number of nitrogens with zero attached hydrogens (tertiary/aromatic N) is 3. The summed E-state index contributed by atoms with van der Waals surface area (Å²) in [4.78, 5) is 22.6. The Labute approximate surface area is 198 Å². The number of nitrogens with one attached hydrogen (secondary N) is 2. The van der Waals surface area contributed by atoms with Crippen LogP contribution in [-0.2, 0) is 12.8 Å². The van der Waals surface area contributed by atoms with Crippen molar-refractivity contribution in [1.29, 1.82) is 0 Å². The van der Waals surface area contributed by atoms with Crippen LogP contribution in [0.4, 0.5) is 17.6 Å². The first-order valence-corrected chi connectivity index (χ1v) is 11.6. The third-order valence-corrected chi connectivity index (χ3v) is 6.50. The average molecular weight is 488 g/mol. The van der Waals surface area contributed by atoms with E-state index >= 15 is 0 Å². The van der Waals surface area contributed by atoms with Crippen molar-refractivity contribution in [1.82, 2.24) is 24.6 Å². The van der Waals surface area contributed by atoms with E-state index in [9.17, 15) is 22.4 Å². The van der Waals surface area contributed by atoms with E-state index in [4.69, 9.17) is 0 Å². The Bertz CT molecular complexity index is 1340. The molecule has 2 aromatic heterocycles. The fourth-order valence-electron chi connectivity index (χ4n) is 4.87. The molecule has 184 valence electrons. The molecule has 0 aliphatic carbocycles. The van der Waals surface area contributed by atoms with Crippen LogP contribution in [0, 0.1) is 5.82 Å². The highest BCUT2D eigenvalue weighted by Gasteiger charge is 2.35. The van der Waals surface area contributed by atoms with Crippen LogP contribution in [0.2, 0.25) is 0 Å². The molecular weight excluding hydrogens is 462 g/mol. The Morgan fingerprint density at radius 1 is 1.06 bits per heavy atom. The summed E-state index contributed by atoms with van der Waals surface area (Å²) in [6, 6.07) is 13.5. The maximum absolute atomic E-state index is 13.5. The normalized spacial score (nSPS) is 17.3. The second-order valence-electron chi connectivity index (χ2n) is 9.04. The zero-order valence-corrected chi connectivity index (χ0v) is 18.9. The number of imidazole rings is 1. The largest absolute Gasteiger partial charge is 0.401 e. The van der Waals surface area contributed by atoms with Gasteiger partial charge in [-0.2, -0.15) is 17.9 Å². The van der Waals surface area contributed by atoms with E-state index < -0.39 is 12.7 Å². The van der Waals surface area contributed by atoms with Crippen LogP contribution >= 0.6 is 0 Å². The van der Waals surface area contributed by atoms with Gasteiger partial charge in [0.25, 0.3) is 5.56 Å². The maximum Gasteiger partial charge on any atom is 0.401 e. The van der Waals surface area contributed by atoms with E-state index in [1.807, 2.05) is 24.3 Å². The predicted octanol–water partition coefficient (Wildman–Crippen LogP) is 4.71. The summed E-state index contributed by atoms with van der Waals surface area (Å²) < 4.78 is 53.7. The smallest absolute Gasteiger partial charge is 0.322 e. The first-order chi connectivity index (χ1) is 16.8. The van der Waals surface area contributed by atoms with Gasteiger partial charge in [-0.05, 0) is 62.1 Å². The van der Waals surface area contributed by atoms with Crippen LogP contribution in [0.15, 0.2) is 53.3 Å². The minimum absolute atomic E-state index is 0.211. The lowest BCUT2D eigenvalue weighted by Crippen LogP contribution is -2.40. The first-order valence-electron chi connectivity index (χ1n) is 11.6. The molecule has 0 radical (unpaired) electrons. The van der Waals surface area contributed by atoms with Gasteiger partial charge in [-0.25, -0.2) is 9.37 Å². The SMILES string of the molecule is O=c1c(CCc2ccc(F)cc2)c(C2CCCN(CC(F)(F)F)C2)[nH]n1-c1nc2ccccc2[nH]1. The van der Waals surface area contributed by atoms with Crippen molar-refractivity contribution in [2.24, 2.45) is 0 Å². The molecule has 1 aliphatic rings. The molecule has 0 bridgehead atoms. The van der Waals surface area contributed by atoms with E-state index in [0.29, 0.717) is 55.0 Å². The zero-order valence-electron chi connectivity index (χ0n) is 18.9. The molecule has 4 aromatic rings. The van der Waals surface area contributed by atoms with Crippen molar-refractivity contribution < 1.29 is 17.6 Å². The lowest BCUT2D eigenvalue weighted by Gasteiger charge is -2.33. The van der Waals surface area contributed by atoms with Crippen molar-refractivity contribution in [3.8, 4) is 5.95 Å². The topological polar surface area (TPSA) is 69.7 Å². The Morgan fingerprint density at radius 3 is 2.57 bits per heavy atom. The number of aromatic nitrogens is 4. The molecular formula is C25H25F4N5O. The number of benzene rings is 2. The number of rotatable bonds is 6. The van der Waals surface area contributed by atoms with Gasteiger partial charge in [0.1, 0.15) is 5.82 Å². The van der Waals surface area contributed by atoms with Crippen molar-refractivity contribution in [2.45, 2.75) is 37.8 Å². The van der Waals surface area contributed by atoms with Crippen molar-refractivity contribution in [2.75, 3.05) is 19.6 Å². The summed E-state index contributed by atoms with van der Waals surface area (Å²) >= 11 is 0. The van der Waals surface area contributed by atoms with E-state index in [0.717, 1.165) is 11.1 Å². The van der Waals surface area contributed by atoms with Gasteiger partial charge >= 0.3 is 6.18 Å². The van der Waals surface area contributed by atoms with Crippen LogP contribution in [0.5, 0.6) is 0 Å². The first kappa shape index (κ1) is 23.3. The minimum atomic E-state index is -4.28. The summed E-state index contributed by atoms with van der Waals surface area (Å²) in [7, 11) is 0. The van der Waals surface area contributed by atoms with Crippen LogP contribution < -0.4 is 5.56 Å². The molecule has 3 heterocycles. The number of para-hydroxylation sites is 2. The molecule has 35 heavy (non-hydrogen) atoms. The van der Waals surface area contributed by atoms with Crippen LogP contribution in [0.1, 0.15) is 35.6 Å². The Morgan fingerprint density at radius 2 is 1.83 bits per heavy atom. The molecule has 5 rings (SSSR count). The summed E-state index contributed by atoms with van der Waals surface area (Å²) in [5.74, 6) is -0.253. The van der Waals surface area contributed by atoms with Gasteiger partial charge in [0, 0.05) is 23.7 Å². The molecule has 1 aliphatic heterocycles. The number of aryl methyl sites for hydroxylation is 1. The quantitative estimate of drug-likeness (QED) is 0.387. The van der Waals surface area contributed by atoms with Crippen molar-refractivity contribution in [3.05, 3.63) is 81.5 Å². The van der Waals surface area contributed by atoms with Crippen LogP contribution in [0.3, 0.4) is 0 Å². The van der Waals surface area contributed by atoms with Gasteiger partial charge in [-0.3, -0.25) is 14.8 Å². The lowest BCUT2D eigenvalue weighted by atomic mass is 9.91. The fraction of sp³-hybridized carbons (Fsp3) is 0.360. The highest BCUT2D eigenvalue weighted by molar-refractivity contribution is 5.75. The number of aromatic amines is 2. The highest BCUT2D eigenvalue weighted by atomic mass is 19.4. The number of hydrogen-bond donors (Lipinski definition) is 2. The van der Waals surface area contributed by atoms with Gasteiger partial charge in [-0.15, -0.1) is 0 Å². The fourth-order valence-corrected chi connectivity index (χ4v) is 4.87. The number of alkyl halides is 3. The third-order valence-electron chi connectivity index (χ3n) is 6.50. The lowest BCUT2D eigenvalue weighted by molar-refractivity contribution is -0.148. The standard InChI is InChI=1S/C25H25F4N5O/c26-18-10-7-16(8-11-18)9-12-19-22(17-4-3-13-33(14-17)15-25(27,28)29)32-34(23(19)35)24-30-20-5-1-2-6-21(20)31-24/h1-2,5-8,10-11,17,32H,3-4,9,12-15H2,(H,30,31). The second kappa shape index (κ2) is 9.33. The summed E-state index contributed by atoms with van der Waals surface area (Å²) in [5, 5.41) is 3.17. The van der Waals surface area contributed by atoms with Crippen LogP contribution in [0.25, 0.3) is 17.0 Å². The molecule has 1 fully saturated rings. The van der Waals surface area contributed by atoms with Gasteiger partial charge in [0.05, 0.1) is 17.6 Å². The third kappa shape index (κ3) is 5.17. The minimum Gasteiger partial charge on any atom is -0.322 e. The Balaban J connectivity index is 1.50. The number of H-pyrrole nitrogens is 2. The molecule has 1 unspecified atom stereocenters. The highest BCUT2D eigenvalue weighted by Crippen LogP contribution is 2.30. The van der Waals surface area contributed by atoms with Gasteiger partial charge in [0.15, 0.2) is 0 Å². The molecule has 6 nitrogen and oxygen atoms in total. The Kier molecular flexibility index (Phi) is 6.22. The average Bonchev–Trinajstić information content (AvgIpc) is 3.38. The van der Waals surface area contributed by atoms with Gasteiger partial charge < -0.3 is 4.98 Å². The number of hydrogen-bond acceptors (Lipinski definition) is 3. The molecule has 1 saturated heterocycles. The number of halogens is 4. The molecule has 0 saturated carbocycles. The maximum atomic E-state index is 13.5. The van der Waals surface area contributed by atoms with E-state index in [1.54, 1.807) is 12.1 Å². The van der Waals surface area contributed by atoms with E-state index in [1.165, 1.54) is 21.7 Å². The van der Waals surface area contributed by atoms with Crippen molar-refractivity contribution >= 4 is 11.0 Å². The molecule has 2 aromatic carbocycles. The van der Waals surface area contributed by atoms with E-state index in [-0.39, 0.29) is 23.8 Å². The molecule has 2 N–H and O–H groups in total. The predicted molar refractivity (Wildman–Crippen MR) is 124 cm³/mol. The summed E-state index contributed by atoms with van der Waals surface area (Å²) in [6.45, 7) is -0.387. The molecule has 10 heteroatoms. The Hall–Kier alpha value is -3.40. The number of piperidine rings is 1. The monoisotopic (exact) mass is 487 g/mol. The zero-order chi connectivity index (χ0) is 24.6. The van der Waals surface area contributed by atoms with Crippen LogP contribution in [-0.4, -0.2) is 50.5 Å². The van der Waals surface area contributed by atoms with E-state index in [2.05, 4.69) is 15.1 Å². The van der Waals surface area contributed by atoms with Gasteiger partial charge in [0.2, 0.25) is 5.95 Å².